The minimum atomic E-state index is -3.64. The Balaban J connectivity index is 2.75. The summed E-state index contributed by atoms with van der Waals surface area (Å²) in [5.74, 6) is -1.70. The van der Waals surface area contributed by atoms with Crippen LogP contribution in [0.3, 0.4) is 0 Å². The molecule has 0 saturated heterocycles. The number of benzene rings is 1. The number of rotatable bonds is 8. The van der Waals surface area contributed by atoms with E-state index in [1.165, 1.54) is 0 Å². The second-order valence-corrected chi connectivity index (χ2v) is 6.46. The molecule has 1 rings (SSSR count). The molecule has 0 saturated carbocycles. The van der Waals surface area contributed by atoms with Crippen LogP contribution < -0.4 is 4.72 Å². The Labute approximate surface area is 120 Å². The van der Waals surface area contributed by atoms with E-state index in [1.807, 2.05) is 0 Å². The van der Waals surface area contributed by atoms with Crippen molar-refractivity contribution < 1.29 is 18.3 Å². The van der Waals surface area contributed by atoms with Gasteiger partial charge in [-0.1, -0.05) is 32.4 Å². The van der Waals surface area contributed by atoms with E-state index < -0.39 is 21.9 Å². The monoisotopic (exact) mass is 299 g/mol. The molecule has 0 aromatic heterocycles. The molecule has 2 N–H and O–H groups in total. The van der Waals surface area contributed by atoms with E-state index in [1.54, 1.807) is 31.2 Å². The smallest absolute Gasteiger partial charge is 0.307 e. The van der Waals surface area contributed by atoms with Crippen molar-refractivity contribution in [2.45, 2.75) is 38.0 Å². The summed E-state index contributed by atoms with van der Waals surface area (Å²) < 4.78 is 26.4. The fraction of sp³-hybridized carbons (Fsp3) is 0.500. The second kappa shape index (κ2) is 7.40. The summed E-state index contributed by atoms with van der Waals surface area (Å²) in [6.45, 7) is 3.68. The van der Waals surface area contributed by atoms with Gasteiger partial charge in [0.15, 0.2) is 0 Å². The van der Waals surface area contributed by atoms with Crippen molar-refractivity contribution in [3.63, 3.8) is 0 Å². The molecular weight excluding hydrogens is 278 g/mol. The average molecular weight is 299 g/mol. The third-order valence-electron chi connectivity index (χ3n) is 3.13. The third-order valence-corrected chi connectivity index (χ3v) is 4.57. The van der Waals surface area contributed by atoms with Crippen molar-refractivity contribution in [2.75, 3.05) is 6.54 Å². The highest BCUT2D eigenvalue weighted by molar-refractivity contribution is 7.89. The molecule has 0 aliphatic carbocycles. The zero-order chi connectivity index (χ0) is 15.2. The van der Waals surface area contributed by atoms with Gasteiger partial charge in [-0.25, -0.2) is 13.1 Å². The summed E-state index contributed by atoms with van der Waals surface area (Å²) in [7, 11) is -3.64. The van der Waals surface area contributed by atoms with Crippen LogP contribution in [0.4, 0.5) is 0 Å². The predicted octanol–water partition coefficient (Wildman–Crippen LogP) is 2.03. The van der Waals surface area contributed by atoms with Crippen LogP contribution in [0.2, 0.25) is 0 Å². The molecule has 1 aromatic rings. The van der Waals surface area contributed by atoms with E-state index in [9.17, 15) is 13.2 Å². The van der Waals surface area contributed by atoms with Crippen LogP contribution in [0, 0.1) is 5.92 Å². The lowest BCUT2D eigenvalue weighted by Gasteiger charge is -2.12. The standard InChI is InChI=1S/C14H21NO4S/c1-3-5-11-6-8-13(9-7-11)20(18,19)15-10-12(4-2)14(16)17/h6-9,12,15H,3-5,10H2,1-2H3,(H,16,17). The predicted molar refractivity (Wildman–Crippen MR) is 77.0 cm³/mol. The number of nitrogens with one attached hydrogen (secondary N) is 1. The number of sulfonamides is 1. The van der Waals surface area contributed by atoms with Gasteiger partial charge in [-0.15, -0.1) is 0 Å². The largest absolute Gasteiger partial charge is 0.481 e. The highest BCUT2D eigenvalue weighted by Crippen LogP contribution is 2.12. The first-order valence-electron chi connectivity index (χ1n) is 6.72. The van der Waals surface area contributed by atoms with Crippen molar-refractivity contribution in [3.8, 4) is 0 Å². The van der Waals surface area contributed by atoms with E-state index >= 15 is 0 Å². The molecule has 6 heteroatoms. The molecule has 0 radical (unpaired) electrons. The number of hydrogen-bond acceptors (Lipinski definition) is 3. The van der Waals surface area contributed by atoms with Gasteiger partial charge in [-0.3, -0.25) is 4.79 Å². The van der Waals surface area contributed by atoms with Gasteiger partial charge in [0.2, 0.25) is 10.0 Å². The first-order chi connectivity index (χ1) is 9.40. The molecule has 0 aliphatic heterocycles. The molecular formula is C14H21NO4S. The van der Waals surface area contributed by atoms with Crippen LogP contribution in [-0.4, -0.2) is 26.0 Å². The van der Waals surface area contributed by atoms with Crippen LogP contribution in [0.25, 0.3) is 0 Å². The number of carboxylic acids is 1. The Hall–Kier alpha value is -1.40. The summed E-state index contributed by atoms with van der Waals surface area (Å²) in [6, 6.07) is 6.67. The first-order valence-corrected chi connectivity index (χ1v) is 8.20. The van der Waals surface area contributed by atoms with Gasteiger partial charge in [-0.2, -0.15) is 0 Å². The SMILES string of the molecule is CCCc1ccc(S(=O)(=O)NCC(CC)C(=O)O)cc1. The van der Waals surface area contributed by atoms with Crippen molar-refractivity contribution >= 4 is 16.0 Å². The number of carboxylic acid groups (broad SMARTS) is 1. The molecule has 0 heterocycles. The van der Waals surface area contributed by atoms with E-state index in [0.717, 1.165) is 18.4 Å². The fourth-order valence-corrected chi connectivity index (χ4v) is 2.91. The summed E-state index contributed by atoms with van der Waals surface area (Å²) in [5, 5.41) is 8.90. The van der Waals surface area contributed by atoms with Crippen LogP contribution in [-0.2, 0) is 21.2 Å². The summed E-state index contributed by atoms with van der Waals surface area (Å²) in [4.78, 5) is 11.0. The zero-order valence-electron chi connectivity index (χ0n) is 11.8. The maximum absolute atomic E-state index is 12.0. The quantitative estimate of drug-likeness (QED) is 0.769. The van der Waals surface area contributed by atoms with Crippen molar-refractivity contribution in [3.05, 3.63) is 29.8 Å². The third kappa shape index (κ3) is 4.61. The number of carbonyl (C=O) groups is 1. The van der Waals surface area contributed by atoms with E-state index in [0.29, 0.717) is 6.42 Å². The minimum Gasteiger partial charge on any atom is -0.481 e. The summed E-state index contributed by atoms with van der Waals surface area (Å²) in [6.07, 6.45) is 2.29. The topological polar surface area (TPSA) is 83.5 Å². The zero-order valence-corrected chi connectivity index (χ0v) is 12.6. The minimum absolute atomic E-state index is 0.0924. The molecule has 0 fully saturated rings. The molecule has 5 nitrogen and oxygen atoms in total. The summed E-state index contributed by atoms with van der Waals surface area (Å²) in [5.41, 5.74) is 1.09. The molecule has 1 aromatic carbocycles. The lowest BCUT2D eigenvalue weighted by molar-refractivity contribution is -0.141. The lowest BCUT2D eigenvalue weighted by atomic mass is 10.1. The first kappa shape index (κ1) is 16.7. The molecule has 1 unspecified atom stereocenters. The van der Waals surface area contributed by atoms with Crippen molar-refractivity contribution in [1.29, 1.82) is 0 Å². The number of aliphatic carboxylic acids is 1. The van der Waals surface area contributed by atoms with Gasteiger partial charge in [-0.05, 0) is 30.5 Å². The Bertz CT molecular complexity index is 537. The second-order valence-electron chi connectivity index (χ2n) is 4.69. The molecule has 0 amide bonds. The molecule has 0 aliphatic rings. The van der Waals surface area contributed by atoms with Gasteiger partial charge >= 0.3 is 5.97 Å². The lowest BCUT2D eigenvalue weighted by Crippen LogP contribution is -2.32. The van der Waals surface area contributed by atoms with Gasteiger partial charge in [0.25, 0.3) is 0 Å². The molecule has 0 spiro atoms. The summed E-state index contributed by atoms with van der Waals surface area (Å²) >= 11 is 0. The van der Waals surface area contributed by atoms with Crippen molar-refractivity contribution in [2.24, 2.45) is 5.92 Å². The van der Waals surface area contributed by atoms with Crippen LogP contribution in [0.15, 0.2) is 29.2 Å². The number of aryl methyl sites for hydroxylation is 1. The van der Waals surface area contributed by atoms with Crippen LogP contribution in [0.1, 0.15) is 32.3 Å². The van der Waals surface area contributed by atoms with Gasteiger partial charge in [0.1, 0.15) is 0 Å². The fourth-order valence-electron chi connectivity index (χ4n) is 1.82. The van der Waals surface area contributed by atoms with Crippen LogP contribution in [0.5, 0.6) is 0 Å². The van der Waals surface area contributed by atoms with Crippen LogP contribution >= 0.6 is 0 Å². The maximum atomic E-state index is 12.0. The highest BCUT2D eigenvalue weighted by atomic mass is 32.2. The van der Waals surface area contributed by atoms with E-state index in [2.05, 4.69) is 11.6 Å². The van der Waals surface area contributed by atoms with E-state index in [4.69, 9.17) is 5.11 Å². The van der Waals surface area contributed by atoms with Gasteiger partial charge in [0, 0.05) is 6.54 Å². The molecule has 0 bridgehead atoms. The Morgan fingerprint density at radius 3 is 2.30 bits per heavy atom. The normalized spacial score (nSPS) is 13.1. The Morgan fingerprint density at radius 2 is 1.85 bits per heavy atom. The average Bonchev–Trinajstić information content (AvgIpc) is 2.40. The molecule has 20 heavy (non-hydrogen) atoms. The van der Waals surface area contributed by atoms with Gasteiger partial charge in [0.05, 0.1) is 10.8 Å². The molecule has 112 valence electrons. The maximum Gasteiger partial charge on any atom is 0.307 e. The molecule has 1 atom stereocenters. The number of hydrogen-bond donors (Lipinski definition) is 2. The van der Waals surface area contributed by atoms with Crippen molar-refractivity contribution in [1.82, 2.24) is 4.72 Å². The Kier molecular flexibility index (Phi) is 6.16. The van der Waals surface area contributed by atoms with Gasteiger partial charge < -0.3 is 5.11 Å². The highest BCUT2D eigenvalue weighted by Gasteiger charge is 2.20. The van der Waals surface area contributed by atoms with E-state index in [-0.39, 0.29) is 11.4 Å². The Morgan fingerprint density at radius 1 is 1.25 bits per heavy atom.